The van der Waals surface area contributed by atoms with E-state index >= 15 is 0 Å². The average Bonchev–Trinajstić information content (AvgIpc) is 2.60. The van der Waals surface area contributed by atoms with Crippen molar-refractivity contribution in [2.24, 2.45) is 0 Å². The molecule has 0 unspecified atom stereocenters. The Kier molecular flexibility index (Phi) is 5.24. The summed E-state index contributed by atoms with van der Waals surface area (Å²) in [5.41, 5.74) is 6.05. The third kappa shape index (κ3) is 3.77. The van der Waals surface area contributed by atoms with Crippen LogP contribution in [0.2, 0.25) is 0 Å². The molecular formula is C22H25NOS. The standard InChI is InChI=1S/C22H25NOS/c1-5-13-25-15-16-14-22(2,3)23-21-17(16)10-8-11-19(21)18-9-6-7-12-20(18)24-4/h5-12,14,23H,1,13,15H2,2-4H3. The van der Waals surface area contributed by atoms with Gasteiger partial charge in [-0.2, -0.15) is 11.8 Å². The maximum Gasteiger partial charge on any atom is 0.126 e. The fourth-order valence-corrected chi connectivity index (χ4v) is 4.03. The van der Waals surface area contributed by atoms with Crippen molar-refractivity contribution in [2.75, 3.05) is 23.9 Å². The van der Waals surface area contributed by atoms with Crippen LogP contribution in [0.15, 0.2) is 61.2 Å². The molecular weight excluding hydrogens is 326 g/mol. The van der Waals surface area contributed by atoms with E-state index in [0.29, 0.717) is 0 Å². The Labute approximate surface area is 155 Å². The van der Waals surface area contributed by atoms with Gasteiger partial charge in [-0.15, -0.1) is 6.58 Å². The van der Waals surface area contributed by atoms with E-state index in [2.05, 4.69) is 62.2 Å². The normalized spacial score (nSPS) is 14.9. The molecule has 2 nitrogen and oxygen atoms in total. The molecule has 0 aromatic heterocycles. The van der Waals surface area contributed by atoms with Gasteiger partial charge in [0.15, 0.2) is 0 Å². The lowest BCUT2D eigenvalue weighted by molar-refractivity contribution is 0.416. The summed E-state index contributed by atoms with van der Waals surface area (Å²) >= 11 is 1.89. The van der Waals surface area contributed by atoms with E-state index in [9.17, 15) is 0 Å². The highest BCUT2D eigenvalue weighted by atomic mass is 32.2. The number of ether oxygens (including phenoxy) is 1. The van der Waals surface area contributed by atoms with Gasteiger partial charge in [0.1, 0.15) is 5.75 Å². The molecule has 1 aliphatic rings. The lowest BCUT2D eigenvalue weighted by Gasteiger charge is -2.34. The highest BCUT2D eigenvalue weighted by Crippen LogP contribution is 2.43. The van der Waals surface area contributed by atoms with E-state index in [4.69, 9.17) is 4.74 Å². The number of thioether (sulfide) groups is 1. The fourth-order valence-electron chi connectivity index (χ4n) is 3.29. The predicted molar refractivity (Wildman–Crippen MR) is 112 cm³/mol. The first-order chi connectivity index (χ1) is 12.1. The first-order valence-electron chi connectivity index (χ1n) is 8.51. The number of anilines is 1. The Balaban J connectivity index is 2.10. The maximum atomic E-state index is 5.59. The number of fused-ring (bicyclic) bond motifs is 1. The van der Waals surface area contributed by atoms with Crippen molar-refractivity contribution in [3.05, 3.63) is 66.8 Å². The second-order valence-corrected chi connectivity index (χ2v) is 7.78. The molecule has 3 heteroatoms. The Morgan fingerprint density at radius 1 is 1.08 bits per heavy atom. The summed E-state index contributed by atoms with van der Waals surface area (Å²) in [6.45, 7) is 8.25. The van der Waals surface area contributed by atoms with Crippen LogP contribution >= 0.6 is 11.8 Å². The Bertz CT molecular complexity index is 807. The van der Waals surface area contributed by atoms with Crippen molar-refractivity contribution in [1.82, 2.24) is 0 Å². The maximum absolute atomic E-state index is 5.59. The predicted octanol–water partition coefficient (Wildman–Crippen LogP) is 5.87. The molecule has 3 rings (SSSR count). The van der Waals surface area contributed by atoms with Crippen LogP contribution in [0.25, 0.3) is 16.7 Å². The van der Waals surface area contributed by atoms with Gasteiger partial charge in [0.2, 0.25) is 0 Å². The SMILES string of the molecule is C=CCSCC1=CC(C)(C)Nc2c1cccc2-c1ccccc1OC. The molecule has 25 heavy (non-hydrogen) atoms. The van der Waals surface area contributed by atoms with Crippen molar-refractivity contribution in [2.45, 2.75) is 19.4 Å². The van der Waals surface area contributed by atoms with E-state index in [-0.39, 0.29) is 5.54 Å². The third-order valence-electron chi connectivity index (χ3n) is 4.28. The second-order valence-electron chi connectivity index (χ2n) is 6.75. The molecule has 2 aromatic carbocycles. The van der Waals surface area contributed by atoms with Crippen molar-refractivity contribution in [3.63, 3.8) is 0 Å². The van der Waals surface area contributed by atoms with Crippen molar-refractivity contribution >= 4 is 23.0 Å². The minimum atomic E-state index is -0.0881. The third-order valence-corrected chi connectivity index (χ3v) is 5.27. The Hall–Kier alpha value is -2.13. The molecule has 0 amide bonds. The highest BCUT2D eigenvalue weighted by Gasteiger charge is 2.26. The quantitative estimate of drug-likeness (QED) is 0.519. The molecule has 1 heterocycles. The fraction of sp³-hybridized carbons (Fsp3) is 0.273. The van der Waals surface area contributed by atoms with Crippen LogP contribution in [-0.4, -0.2) is 24.2 Å². The van der Waals surface area contributed by atoms with Crippen LogP contribution in [0.5, 0.6) is 5.75 Å². The number of methoxy groups -OCH3 is 1. The van der Waals surface area contributed by atoms with Crippen LogP contribution < -0.4 is 10.1 Å². The first-order valence-corrected chi connectivity index (χ1v) is 9.66. The molecule has 1 aliphatic heterocycles. The number of hydrogen-bond acceptors (Lipinski definition) is 3. The minimum Gasteiger partial charge on any atom is -0.496 e. The summed E-state index contributed by atoms with van der Waals surface area (Å²) < 4.78 is 5.59. The number of nitrogens with one attached hydrogen (secondary N) is 1. The van der Waals surface area contributed by atoms with Gasteiger partial charge < -0.3 is 10.1 Å². The van der Waals surface area contributed by atoms with Gasteiger partial charge in [-0.1, -0.05) is 48.6 Å². The van der Waals surface area contributed by atoms with Crippen LogP contribution in [0.4, 0.5) is 5.69 Å². The molecule has 0 bridgehead atoms. The van der Waals surface area contributed by atoms with E-state index < -0.39 is 0 Å². The van der Waals surface area contributed by atoms with Crippen molar-refractivity contribution in [3.8, 4) is 16.9 Å². The topological polar surface area (TPSA) is 21.3 Å². The minimum absolute atomic E-state index is 0.0881. The summed E-state index contributed by atoms with van der Waals surface area (Å²) in [5.74, 6) is 2.85. The molecule has 2 aromatic rings. The van der Waals surface area contributed by atoms with Crippen LogP contribution in [0, 0.1) is 0 Å². The molecule has 0 saturated carbocycles. The number of benzene rings is 2. The van der Waals surface area contributed by atoms with Gasteiger partial charge >= 0.3 is 0 Å². The zero-order valence-electron chi connectivity index (χ0n) is 15.1. The molecule has 1 N–H and O–H groups in total. The molecule has 130 valence electrons. The summed E-state index contributed by atoms with van der Waals surface area (Å²) in [6.07, 6.45) is 4.31. The molecule has 0 atom stereocenters. The smallest absolute Gasteiger partial charge is 0.126 e. The lowest BCUT2D eigenvalue weighted by atomic mass is 9.87. The average molecular weight is 352 g/mol. The van der Waals surface area contributed by atoms with Gasteiger partial charge in [0.25, 0.3) is 0 Å². The molecule has 0 saturated heterocycles. The van der Waals surface area contributed by atoms with Crippen LogP contribution in [0.1, 0.15) is 19.4 Å². The van der Waals surface area contributed by atoms with E-state index in [1.807, 2.05) is 30.0 Å². The Morgan fingerprint density at radius 2 is 1.80 bits per heavy atom. The molecule has 0 radical (unpaired) electrons. The van der Waals surface area contributed by atoms with Gasteiger partial charge in [-0.25, -0.2) is 0 Å². The molecule has 0 aliphatic carbocycles. The van der Waals surface area contributed by atoms with Crippen LogP contribution in [-0.2, 0) is 0 Å². The number of hydrogen-bond donors (Lipinski definition) is 1. The van der Waals surface area contributed by atoms with Crippen LogP contribution in [0.3, 0.4) is 0 Å². The highest BCUT2D eigenvalue weighted by molar-refractivity contribution is 7.99. The van der Waals surface area contributed by atoms with E-state index in [1.54, 1.807) is 7.11 Å². The van der Waals surface area contributed by atoms with Crippen molar-refractivity contribution < 1.29 is 4.74 Å². The van der Waals surface area contributed by atoms with Gasteiger partial charge in [0, 0.05) is 28.2 Å². The second kappa shape index (κ2) is 7.40. The Morgan fingerprint density at radius 3 is 2.56 bits per heavy atom. The van der Waals surface area contributed by atoms with Gasteiger partial charge in [0.05, 0.1) is 18.3 Å². The lowest BCUT2D eigenvalue weighted by Crippen LogP contribution is -2.32. The summed E-state index contributed by atoms with van der Waals surface area (Å²) in [7, 11) is 1.73. The number of para-hydroxylation sites is 2. The van der Waals surface area contributed by atoms with Gasteiger partial charge in [-0.3, -0.25) is 0 Å². The van der Waals surface area contributed by atoms with E-state index in [0.717, 1.165) is 22.8 Å². The zero-order chi connectivity index (χ0) is 17.9. The zero-order valence-corrected chi connectivity index (χ0v) is 16.0. The van der Waals surface area contributed by atoms with Crippen molar-refractivity contribution in [1.29, 1.82) is 0 Å². The first kappa shape index (κ1) is 17.7. The van der Waals surface area contributed by atoms with E-state index in [1.165, 1.54) is 22.4 Å². The largest absolute Gasteiger partial charge is 0.496 e. The summed E-state index contributed by atoms with van der Waals surface area (Å²) in [5, 5.41) is 3.71. The monoisotopic (exact) mass is 351 g/mol. The van der Waals surface area contributed by atoms with Gasteiger partial charge in [-0.05, 0) is 25.5 Å². The molecule has 0 spiro atoms. The summed E-state index contributed by atoms with van der Waals surface area (Å²) in [4.78, 5) is 0. The summed E-state index contributed by atoms with van der Waals surface area (Å²) in [6, 6.07) is 14.7. The molecule has 0 fully saturated rings. The number of rotatable bonds is 6.